The van der Waals surface area contributed by atoms with Crippen molar-refractivity contribution in [2.45, 2.75) is 119 Å². The molecule has 0 heterocycles. The summed E-state index contributed by atoms with van der Waals surface area (Å²) in [5.74, 6) is 3.50. The molecule has 1 heteroatoms. The van der Waals surface area contributed by atoms with Crippen molar-refractivity contribution in [2.24, 2.45) is 17.8 Å². The zero-order valence-corrected chi connectivity index (χ0v) is 16.0. The van der Waals surface area contributed by atoms with Gasteiger partial charge < -0.3 is 0 Å². The highest BCUT2D eigenvalue weighted by Crippen LogP contribution is 2.74. The molecule has 6 aliphatic rings. The standard InChI is InChI=1S/C22H37P/c1-3-7-20(8-4-1)23(21-9-5-2-6-10-21)22-14-17-11-18(15-22)13-19(12-17)16-22/h17-21H,1-16H2. The van der Waals surface area contributed by atoms with Crippen molar-refractivity contribution in [3.05, 3.63) is 0 Å². The quantitative estimate of drug-likeness (QED) is 0.483. The summed E-state index contributed by atoms with van der Waals surface area (Å²) >= 11 is 0. The summed E-state index contributed by atoms with van der Waals surface area (Å²) in [6, 6.07) is 0. The third kappa shape index (κ3) is 2.84. The Bertz CT molecular complexity index is 362. The van der Waals surface area contributed by atoms with Gasteiger partial charge in [0.25, 0.3) is 0 Å². The Morgan fingerprint density at radius 1 is 0.522 bits per heavy atom. The second-order valence-corrected chi connectivity index (χ2v) is 13.4. The van der Waals surface area contributed by atoms with Crippen LogP contribution in [0.1, 0.15) is 103 Å². The molecule has 0 N–H and O–H groups in total. The fraction of sp³-hybridized carbons (Fsp3) is 1.00. The molecule has 0 nitrogen and oxygen atoms in total. The lowest BCUT2D eigenvalue weighted by Gasteiger charge is -2.63. The van der Waals surface area contributed by atoms with Gasteiger partial charge in [0, 0.05) is 0 Å². The van der Waals surface area contributed by atoms with Crippen molar-refractivity contribution in [1.82, 2.24) is 0 Å². The molecule has 0 aromatic heterocycles. The van der Waals surface area contributed by atoms with Gasteiger partial charge in [-0.15, -0.1) is 0 Å². The molecule has 6 aliphatic carbocycles. The summed E-state index contributed by atoms with van der Waals surface area (Å²) in [6.07, 6.45) is 25.9. The average molecular weight is 333 g/mol. The fourth-order valence-electron chi connectivity index (χ4n) is 8.17. The van der Waals surface area contributed by atoms with E-state index in [9.17, 15) is 0 Å². The van der Waals surface area contributed by atoms with Crippen LogP contribution >= 0.6 is 7.92 Å². The van der Waals surface area contributed by atoms with Crippen molar-refractivity contribution < 1.29 is 0 Å². The van der Waals surface area contributed by atoms with E-state index in [1.54, 1.807) is 103 Å². The third-order valence-corrected chi connectivity index (χ3v) is 12.7. The highest BCUT2D eigenvalue weighted by molar-refractivity contribution is 7.60. The monoisotopic (exact) mass is 332 g/mol. The van der Waals surface area contributed by atoms with Gasteiger partial charge in [0.05, 0.1) is 0 Å². The van der Waals surface area contributed by atoms with Gasteiger partial charge in [-0.25, -0.2) is 0 Å². The van der Waals surface area contributed by atoms with Gasteiger partial charge in [0.15, 0.2) is 0 Å². The Hall–Kier alpha value is 0.430. The molecule has 0 radical (unpaired) electrons. The first-order valence-electron chi connectivity index (χ1n) is 11.1. The predicted molar refractivity (Wildman–Crippen MR) is 102 cm³/mol. The molecule has 23 heavy (non-hydrogen) atoms. The Morgan fingerprint density at radius 2 is 0.913 bits per heavy atom. The van der Waals surface area contributed by atoms with Crippen LogP contribution in [0.4, 0.5) is 0 Å². The van der Waals surface area contributed by atoms with Crippen molar-refractivity contribution in [3.63, 3.8) is 0 Å². The van der Waals surface area contributed by atoms with Gasteiger partial charge in [-0.2, -0.15) is 0 Å². The smallest absolute Gasteiger partial charge is 0.00815 e. The van der Waals surface area contributed by atoms with Gasteiger partial charge in [0.1, 0.15) is 0 Å². The maximum absolute atomic E-state index is 1.69. The average Bonchev–Trinajstić information content (AvgIpc) is 2.55. The zero-order valence-electron chi connectivity index (χ0n) is 15.1. The largest absolute Gasteiger partial charge is 0.0939 e. The summed E-state index contributed by atoms with van der Waals surface area (Å²) in [5, 5.41) is 0.897. The summed E-state index contributed by atoms with van der Waals surface area (Å²) in [5.41, 5.74) is 2.39. The van der Waals surface area contributed by atoms with Crippen LogP contribution in [0.5, 0.6) is 0 Å². The molecular weight excluding hydrogens is 295 g/mol. The molecule has 6 fully saturated rings. The van der Waals surface area contributed by atoms with E-state index in [1.165, 1.54) is 29.1 Å². The first-order chi connectivity index (χ1) is 11.3. The number of hydrogen-bond acceptors (Lipinski definition) is 0. The zero-order chi connectivity index (χ0) is 15.3. The summed E-state index contributed by atoms with van der Waals surface area (Å²) in [6.45, 7) is 0. The van der Waals surface area contributed by atoms with Crippen LogP contribution in [0.3, 0.4) is 0 Å². The minimum atomic E-state index is 0.329. The highest BCUT2D eigenvalue weighted by atomic mass is 31.1. The molecule has 0 aromatic rings. The SMILES string of the molecule is C1CCC(P(C2CCCCC2)C23CC4CC(CC(C4)C2)C3)CC1. The molecule has 0 unspecified atom stereocenters. The second-order valence-electron chi connectivity index (χ2n) is 10.1. The molecule has 0 saturated heterocycles. The first-order valence-corrected chi connectivity index (χ1v) is 12.6. The van der Waals surface area contributed by atoms with Gasteiger partial charge in [-0.3, -0.25) is 0 Å². The van der Waals surface area contributed by atoms with Gasteiger partial charge >= 0.3 is 0 Å². The minimum absolute atomic E-state index is 0.329. The molecule has 130 valence electrons. The van der Waals surface area contributed by atoms with Gasteiger partial charge in [-0.05, 0) is 98.4 Å². The molecule has 4 bridgehead atoms. The van der Waals surface area contributed by atoms with Crippen LogP contribution < -0.4 is 0 Å². The number of hydrogen-bond donors (Lipinski definition) is 0. The lowest BCUT2D eigenvalue weighted by atomic mass is 9.56. The van der Waals surface area contributed by atoms with Crippen LogP contribution in [0.25, 0.3) is 0 Å². The molecule has 0 amide bonds. The normalized spacial score (nSPS) is 45.0. The molecule has 6 saturated carbocycles. The van der Waals surface area contributed by atoms with Crippen molar-refractivity contribution in [2.75, 3.05) is 0 Å². The first kappa shape index (κ1) is 15.7. The van der Waals surface area contributed by atoms with Crippen LogP contribution in [-0.2, 0) is 0 Å². The maximum atomic E-state index is 1.69. The van der Waals surface area contributed by atoms with Crippen molar-refractivity contribution in [1.29, 1.82) is 0 Å². The Morgan fingerprint density at radius 3 is 1.30 bits per heavy atom. The Kier molecular flexibility index (Phi) is 4.29. The molecule has 0 aliphatic heterocycles. The minimum Gasteiger partial charge on any atom is -0.0939 e. The van der Waals surface area contributed by atoms with E-state index < -0.39 is 0 Å². The van der Waals surface area contributed by atoms with E-state index >= 15 is 0 Å². The van der Waals surface area contributed by atoms with Crippen LogP contribution in [-0.4, -0.2) is 16.5 Å². The Labute approximate surface area is 145 Å². The third-order valence-electron chi connectivity index (χ3n) is 8.49. The van der Waals surface area contributed by atoms with Crippen molar-refractivity contribution >= 4 is 7.92 Å². The summed E-state index contributed by atoms with van der Waals surface area (Å²) < 4.78 is 0. The lowest BCUT2D eigenvalue weighted by Crippen LogP contribution is -2.52. The molecule has 6 rings (SSSR count). The molecule has 0 spiro atoms. The van der Waals surface area contributed by atoms with E-state index in [0.717, 1.165) is 5.16 Å². The van der Waals surface area contributed by atoms with Crippen LogP contribution in [0, 0.1) is 17.8 Å². The molecule has 0 aromatic carbocycles. The second kappa shape index (κ2) is 6.30. The maximum Gasteiger partial charge on any atom is -0.00815 e. The Balaban J connectivity index is 1.46. The number of rotatable bonds is 3. The lowest BCUT2D eigenvalue weighted by molar-refractivity contribution is 0.0344. The predicted octanol–water partition coefficient (Wildman–Crippen LogP) is 7.10. The topological polar surface area (TPSA) is 0 Å². The van der Waals surface area contributed by atoms with Crippen LogP contribution in [0.2, 0.25) is 0 Å². The van der Waals surface area contributed by atoms with E-state index in [2.05, 4.69) is 0 Å². The van der Waals surface area contributed by atoms with Gasteiger partial charge in [-0.1, -0.05) is 46.4 Å². The summed E-state index contributed by atoms with van der Waals surface area (Å²) in [7, 11) is 0.329. The van der Waals surface area contributed by atoms with E-state index in [0.29, 0.717) is 7.92 Å². The van der Waals surface area contributed by atoms with E-state index in [4.69, 9.17) is 0 Å². The molecular formula is C22H37P. The van der Waals surface area contributed by atoms with E-state index in [-0.39, 0.29) is 0 Å². The van der Waals surface area contributed by atoms with Crippen molar-refractivity contribution in [3.8, 4) is 0 Å². The fourth-order valence-corrected chi connectivity index (χ4v) is 13.6. The van der Waals surface area contributed by atoms with Crippen LogP contribution in [0.15, 0.2) is 0 Å². The highest BCUT2D eigenvalue weighted by Gasteiger charge is 2.56. The summed E-state index contributed by atoms with van der Waals surface area (Å²) in [4.78, 5) is 0. The van der Waals surface area contributed by atoms with E-state index in [1.807, 2.05) is 0 Å². The van der Waals surface area contributed by atoms with Gasteiger partial charge in [0.2, 0.25) is 0 Å². The molecule has 0 atom stereocenters.